The molecule has 0 saturated heterocycles. The van der Waals surface area contributed by atoms with Gasteiger partial charge in [0.1, 0.15) is 6.04 Å². The zero-order valence-electron chi connectivity index (χ0n) is 17.8. The van der Waals surface area contributed by atoms with E-state index in [1.54, 1.807) is 12.1 Å². The number of aryl methyl sites for hydroxylation is 1. The van der Waals surface area contributed by atoms with Crippen LogP contribution in [0.25, 0.3) is 0 Å². The van der Waals surface area contributed by atoms with Crippen LogP contribution in [0, 0.1) is 12.8 Å². The first-order chi connectivity index (χ1) is 14.8. The van der Waals surface area contributed by atoms with Crippen LogP contribution in [0.1, 0.15) is 50.5 Å². The SMILES string of the molecule is Cc1ccc(S(=O)(=O)N2C=CNC(=O)[C@H]2CC(=O)N[C@H](CO)CC2CCCCC2)cc1. The van der Waals surface area contributed by atoms with Crippen LogP contribution in [0.3, 0.4) is 0 Å². The van der Waals surface area contributed by atoms with Crippen molar-refractivity contribution < 1.29 is 23.1 Å². The van der Waals surface area contributed by atoms with E-state index < -0.39 is 33.9 Å². The van der Waals surface area contributed by atoms with Crippen molar-refractivity contribution in [2.75, 3.05) is 6.61 Å². The zero-order valence-corrected chi connectivity index (χ0v) is 18.6. The lowest BCUT2D eigenvalue weighted by molar-refractivity contribution is -0.130. The van der Waals surface area contributed by atoms with Gasteiger partial charge in [0, 0.05) is 12.4 Å². The van der Waals surface area contributed by atoms with Crippen molar-refractivity contribution in [2.24, 2.45) is 5.92 Å². The molecule has 1 aromatic rings. The first kappa shape index (κ1) is 23.3. The summed E-state index contributed by atoms with van der Waals surface area (Å²) in [7, 11) is -4.01. The Morgan fingerprint density at radius 1 is 1.23 bits per heavy atom. The fraction of sp³-hybridized carbons (Fsp3) is 0.545. The molecule has 0 radical (unpaired) electrons. The monoisotopic (exact) mass is 449 g/mol. The highest BCUT2D eigenvalue weighted by molar-refractivity contribution is 7.89. The van der Waals surface area contributed by atoms with Gasteiger partial charge in [-0.05, 0) is 31.4 Å². The van der Waals surface area contributed by atoms with Crippen LogP contribution in [-0.4, -0.2) is 48.3 Å². The van der Waals surface area contributed by atoms with Crippen LogP contribution >= 0.6 is 0 Å². The normalized spacial score (nSPS) is 20.9. The first-order valence-electron chi connectivity index (χ1n) is 10.8. The van der Waals surface area contributed by atoms with Gasteiger partial charge in [0.2, 0.25) is 11.8 Å². The molecule has 0 aromatic heterocycles. The van der Waals surface area contributed by atoms with Gasteiger partial charge in [0.15, 0.2) is 0 Å². The molecule has 1 aromatic carbocycles. The minimum absolute atomic E-state index is 0.0494. The molecule has 170 valence electrons. The van der Waals surface area contributed by atoms with Crippen LogP contribution in [0.2, 0.25) is 0 Å². The van der Waals surface area contributed by atoms with Gasteiger partial charge in [-0.3, -0.25) is 13.9 Å². The predicted molar refractivity (Wildman–Crippen MR) is 116 cm³/mol. The van der Waals surface area contributed by atoms with E-state index in [2.05, 4.69) is 10.6 Å². The molecule has 3 N–H and O–H groups in total. The van der Waals surface area contributed by atoms with Gasteiger partial charge in [-0.25, -0.2) is 8.42 Å². The van der Waals surface area contributed by atoms with Crippen molar-refractivity contribution in [3.8, 4) is 0 Å². The van der Waals surface area contributed by atoms with Crippen molar-refractivity contribution in [1.29, 1.82) is 0 Å². The molecule has 9 heteroatoms. The number of aliphatic hydroxyl groups is 1. The van der Waals surface area contributed by atoms with Crippen LogP contribution in [0.15, 0.2) is 41.6 Å². The molecule has 31 heavy (non-hydrogen) atoms. The third kappa shape index (κ3) is 5.86. The summed E-state index contributed by atoms with van der Waals surface area (Å²) < 4.78 is 27.1. The summed E-state index contributed by atoms with van der Waals surface area (Å²) in [6, 6.07) is 4.71. The van der Waals surface area contributed by atoms with Gasteiger partial charge < -0.3 is 15.7 Å². The highest BCUT2D eigenvalue weighted by atomic mass is 32.2. The number of carbonyl (C=O) groups is 2. The summed E-state index contributed by atoms with van der Waals surface area (Å²) in [5, 5.41) is 15.0. The molecule has 2 amide bonds. The van der Waals surface area contributed by atoms with E-state index in [-0.39, 0.29) is 17.9 Å². The average Bonchev–Trinajstić information content (AvgIpc) is 2.75. The molecule has 0 bridgehead atoms. The van der Waals surface area contributed by atoms with E-state index in [9.17, 15) is 23.1 Å². The van der Waals surface area contributed by atoms with Gasteiger partial charge in [0.05, 0.1) is 24.0 Å². The van der Waals surface area contributed by atoms with E-state index in [0.717, 1.165) is 35.6 Å². The Bertz CT molecular complexity index is 908. The first-order valence-corrected chi connectivity index (χ1v) is 12.2. The largest absolute Gasteiger partial charge is 0.394 e. The lowest BCUT2D eigenvalue weighted by Gasteiger charge is -2.32. The minimum atomic E-state index is -4.01. The smallest absolute Gasteiger partial charge is 0.264 e. The van der Waals surface area contributed by atoms with Crippen molar-refractivity contribution >= 4 is 21.8 Å². The second-order valence-corrected chi connectivity index (χ2v) is 10.2. The molecule has 1 aliphatic heterocycles. The second kappa shape index (κ2) is 10.3. The van der Waals surface area contributed by atoms with E-state index in [1.807, 2.05) is 6.92 Å². The molecule has 3 rings (SSSR count). The van der Waals surface area contributed by atoms with Gasteiger partial charge in [-0.2, -0.15) is 0 Å². The number of rotatable bonds is 8. The predicted octanol–water partition coefficient (Wildman–Crippen LogP) is 1.79. The maximum atomic E-state index is 13.1. The number of nitrogens with one attached hydrogen (secondary N) is 2. The maximum absolute atomic E-state index is 13.1. The number of nitrogens with zero attached hydrogens (tertiary/aromatic N) is 1. The Morgan fingerprint density at radius 2 is 1.90 bits per heavy atom. The molecule has 8 nitrogen and oxygen atoms in total. The molecule has 1 fully saturated rings. The summed E-state index contributed by atoms with van der Waals surface area (Å²) in [4.78, 5) is 25.2. The maximum Gasteiger partial charge on any atom is 0.264 e. The Hall–Kier alpha value is -2.39. The van der Waals surface area contributed by atoms with Gasteiger partial charge in [0.25, 0.3) is 10.0 Å². The number of sulfonamides is 1. The van der Waals surface area contributed by atoms with Gasteiger partial charge in [-0.15, -0.1) is 0 Å². The Morgan fingerprint density at radius 3 is 2.55 bits per heavy atom. The summed E-state index contributed by atoms with van der Waals surface area (Å²) in [6.45, 7) is 1.66. The Kier molecular flexibility index (Phi) is 7.72. The summed E-state index contributed by atoms with van der Waals surface area (Å²) in [5.41, 5.74) is 0.912. The molecule has 0 unspecified atom stereocenters. The topological polar surface area (TPSA) is 116 Å². The number of aliphatic hydroxyl groups excluding tert-OH is 1. The number of hydrogen-bond donors (Lipinski definition) is 3. The van der Waals surface area contributed by atoms with E-state index >= 15 is 0 Å². The molecule has 2 aliphatic rings. The van der Waals surface area contributed by atoms with E-state index in [4.69, 9.17) is 0 Å². The molecule has 2 atom stereocenters. The number of carbonyl (C=O) groups excluding carboxylic acids is 2. The van der Waals surface area contributed by atoms with Gasteiger partial charge in [-0.1, -0.05) is 49.8 Å². The van der Waals surface area contributed by atoms with E-state index in [0.29, 0.717) is 12.3 Å². The highest BCUT2D eigenvalue weighted by Gasteiger charge is 2.37. The third-order valence-corrected chi connectivity index (χ3v) is 7.76. The van der Waals surface area contributed by atoms with Gasteiger partial charge >= 0.3 is 0 Å². The lowest BCUT2D eigenvalue weighted by Crippen LogP contribution is -2.52. The van der Waals surface area contributed by atoms with Crippen LogP contribution in [0.5, 0.6) is 0 Å². The zero-order chi connectivity index (χ0) is 22.4. The molecular weight excluding hydrogens is 418 g/mol. The summed E-state index contributed by atoms with van der Waals surface area (Å²) >= 11 is 0. The fourth-order valence-electron chi connectivity index (χ4n) is 4.24. The van der Waals surface area contributed by atoms with Crippen molar-refractivity contribution in [3.63, 3.8) is 0 Å². The third-order valence-electron chi connectivity index (χ3n) is 5.96. The molecule has 1 aliphatic carbocycles. The standard InChI is InChI=1S/C22H31N3O5S/c1-16-7-9-19(10-8-16)31(29,30)25-12-11-23-22(28)20(25)14-21(27)24-18(15-26)13-17-5-3-2-4-6-17/h7-12,17-18,20,26H,2-6,13-15H2,1H3,(H,23,28)(H,24,27)/t18-,20+/m0/s1. The van der Waals surface area contributed by atoms with Crippen molar-refractivity contribution in [1.82, 2.24) is 14.9 Å². The minimum Gasteiger partial charge on any atom is -0.394 e. The molecule has 0 spiro atoms. The Balaban J connectivity index is 1.69. The quantitative estimate of drug-likeness (QED) is 0.560. The molecule has 1 heterocycles. The Labute approximate surface area is 183 Å². The molecule has 1 saturated carbocycles. The van der Waals surface area contributed by atoms with Crippen molar-refractivity contribution in [3.05, 3.63) is 42.2 Å². The second-order valence-electron chi connectivity index (χ2n) is 8.38. The summed E-state index contributed by atoms with van der Waals surface area (Å²) in [6.07, 6.45) is 8.60. The highest BCUT2D eigenvalue weighted by Crippen LogP contribution is 2.27. The number of hydrogen-bond acceptors (Lipinski definition) is 5. The van der Waals surface area contributed by atoms with Crippen LogP contribution < -0.4 is 10.6 Å². The average molecular weight is 450 g/mol. The summed E-state index contributed by atoms with van der Waals surface area (Å²) in [5.74, 6) is -0.568. The van der Waals surface area contributed by atoms with Crippen LogP contribution in [-0.2, 0) is 19.6 Å². The number of amides is 2. The van der Waals surface area contributed by atoms with Crippen molar-refractivity contribution in [2.45, 2.75) is 68.8 Å². The van der Waals surface area contributed by atoms with E-state index in [1.165, 1.54) is 31.0 Å². The van der Waals surface area contributed by atoms with Crippen LogP contribution in [0.4, 0.5) is 0 Å². The lowest BCUT2D eigenvalue weighted by atomic mass is 9.85. The fourth-order valence-corrected chi connectivity index (χ4v) is 5.69. The number of benzene rings is 1. The molecular formula is C22H31N3O5S.